The number of methoxy groups -OCH3 is 1. The van der Waals surface area contributed by atoms with Crippen LogP contribution in [0.5, 0.6) is 0 Å². The Kier molecular flexibility index (Phi) is 8.40. The fourth-order valence-corrected chi connectivity index (χ4v) is 5.07. The molecule has 1 fully saturated rings. The van der Waals surface area contributed by atoms with E-state index in [0.717, 1.165) is 17.4 Å². The monoisotopic (exact) mass is 569 g/mol. The number of fused-ring (bicyclic) bond motifs is 1. The Labute approximate surface area is 231 Å². The summed E-state index contributed by atoms with van der Waals surface area (Å²) in [6.45, 7) is 0.117. The number of hydrogen-bond donors (Lipinski definition) is 3. The largest absolute Gasteiger partial charge is 0.387 e. The molecule has 1 aliphatic heterocycles. The van der Waals surface area contributed by atoms with Gasteiger partial charge < -0.3 is 25.0 Å². The minimum atomic E-state index is -3.76. The van der Waals surface area contributed by atoms with Crippen LogP contribution in [0.15, 0.2) is 67.0 Å². The van der Waals surface area contributed by atoms with Crippen molar-refractivity contribution in [2.75, 3.05) is 31.8 Å². The second kappa shape index (κ2) is 12.0. The van der Waals surface area contributed by atoms with Gasteiger partial charge in [0, 0.05) is 19.6 Å². The van der Waals surface area contributed by atoms with Crippen molar-refractivity contribution < 1.29 is 32.3 Å². The first-order chi connectivity index (χ1) is 19.2. The maximum Gasteiger partial charge on any atom is 0.264 e. The molecule has 4 atom stereocenters. The third-order valence-electron chi connectivity index (χ3n) is 6.69. The summed E-state index contributed by atoms with van der Waals surface area (Å²) < 4.78 is 40.8. The van der Waals surface area contributed by atoms with E-state index in [1.54, 1.807) is 0 Å². The quantitative estimate of drug-likeness (QED) is 0.226. The second-order valence-corrected chi connectivity index (χ2v) is 11.2. The Morgan fingerprint density at radius 3 is 2.27 bits per heavy atom. The van der Waals surface area contributed by atoms with Crippen LogP contribution in [0.2, 0.25) is 0 Å². The number of benzene rings is 2. The topological polar surface area (TPSA) is 158 Å². The molecule has 5 rings (SSSR count). The number of nitrogens with one attached hydrogen (secondary N) is 1. The second-order valence-electron chi connectivity index (χ2n) is 9.54. The van der Waals surface area contributed by atoms with Gasteiger partial charge in [0.2, 0.25) is 0 Å². The fraction of sp³-hybridized carbons (Fsp3) is 0.370. The number of aliphatic hydroxyl groups excluding tert-OH is 2. The summed E-state index contributed by atoms with van der Waals surface area (Å²) in [5.74, 6) is 0.406. The number of aromatic nitrogens is 4. The highest BCUT2D eigenvalue weighted by molar-refractivity contribution is 7.85. The van der Waals surface area contributed by atoms with E-state index in [1.807, 2.05) is 36.4 Å². The van der Waals surface area contributed by atoms with E-state index in [4.69, 9.17) is 13.7 Å². The minimum absolute atomic E-state index is 0.0323. The van der Waals surface area contributed by atoms with Crippen LogP contribution in [-0.4, -0.2) is 83.0 Å². The van der Waals surface area contributed by atoms with Crippen LogP contribution in [0.4, 0.5) is 5.82 Å². The first-order valence-corrected chi connectivity index (χ1v) is 14.5. The number of nitrogens with zero attached hydrogens (tertiary/aromatic N) is 4. The van der Waals surface area contributed by atoms with Gasteiger partial charge in [0.25, 0.3) is 10.1 Å². The summed E-state index contributed by atoms with van der Waals surface area (Å²) in [4.78, 5) is 13.5. The Bertz CT molecular complexity index is 1500. The molecule has 12 nitrogen and oxygen atoms in total. The number of anilines is 1. The molecule has 40 heavy (non-hydrogen) atoms. The average Bonchev–Trinajstić information content (AvgIpc) is 3.49. The summed E-state index contributed by atoms with van der Waals surface area (Å²) >= 11 is 0. The van der Waals surface area contributed by atoms with Crippen LogP contribution in [0.3, 0.4) is 0 Å². The molecule has 4 unspecified atom stereocenters. The number of rotatable bonds is 11. The van der Waals surface area contributed by atoms with Crippen LogP contribution in [0.1, 0.15) is 29.1 Å². The minimum Gasteiger partial charge on any atom is -0.387 e. The molecule has 3 N–H and O–H groups in total. The van der Waals surface area contributed by atoms with Gasteiger partial charge in [-0.25, -0.2) is 15.0 Å². The molecule has 1 saturated heterocycles. The van der Waals surface area contributed by atoms with E-state index in [2.05, 4.69) is 44.5 Å². The summed E-state index contributed by atoms with van der Waals surface area (Å²) in [6, 6.07) is 20.0. The molecule has 0 spiro atoms. The zero-order valence-electron chi connectivity index (χ0n) is 22.0. The molecule has 2 aromatic heterocycles. The van der Waals surface area contributed by atoms with Gasteiger partial charge in [0.05, 0.1) is 19.2 Å². The number of aliphatic hydroxyl groups is 2. The lowest BCUT2D eigenvalue weighted by Gasteiger charge is -2.20. The molecule has 0 amide bonds. The van der Waals surface area contributed by atoms with Crippen molar-refractivity contribution in [1.29, 1.82) is 0 Å². The van der Waals surface area contributed by atoms with Crippen molar-refractivity contribution in [2.45, 2.75) is 37.1 Å². The molecule has 4 aromatic rings. The van der Waals surface area contributed by atoms with Crippen molar-refractivity contribution in [3.05, 3.63) is 83.9 Å². The van der Waals surface area contributed by atoms with Crippen LogP contribution in [-0.2, 0) is 30.4 Å². The highest BCUT2D eigenvalue weighted by Crippen LogP contribution is 2.33. The summed E-state index contributed by atoms with van der Waals surface area (Å²) in [6.07, 6.45) is -1.85. The SMILES string of the molecule is COCC1OC(n2cnc3c(NCC(c4ccccc4)c4ccccc4)nc(COS(C)(=O)=O)nc32)C(O)C1O. The van der Waals surface area contributed by atoms with Crippen molar-refractivity contribution in [2.24, 2.45) is 0 Å². The van der Waals surface area contributed by atoms with Gasteiger partial charge in [-0.3, -0.25) is 8.75 Å². The van der Waals surface area contributed by atoms with E-state index < -0.39 is 41.3 Å². The van der Waals surface area contributed by atoms with E-state index in [9.17, 15) is 18.6 Å². The molecular weight excluding hydrogens is 538 g/mol. The lowest BCUT2D eigenvalue weighted by atomic mass is 9.91. The third-order valence-corrected chi connectivity index (χ3v) is 7.24. The van der Waals surface area contributed by atoms with Crippen molar-refractivity contribution in [3.63, 3.8) is 0 Å². The van der Waals surface area contributed by atoms with Gasteiger partial charge in [0.15, 0.2) is 29.0 Å². The summed E-state index contributed by atoms with van der Waals surface area (Å²) in [7, 11) is -2.29. The standard InChI is InChI=1S/C27H31N5O7S/c1-37-14-20-23(33)24(34)27(39-20)32-16-29-22-25(30-21(31-26(22)32)15-38-40(2,35)36)28-13-19(17-9-5-3-6-10-17)18-11-7-4-8-12-18/h3-12,16,19-20,23-24,27,33-34H,13-15H2,1-2H3,(H,28,30,31). The molecule has 0 radical (unpaired) electrons. The van der Waals surface area contributed by atoms with Crippen LogP contribution in [0, 0.1) is 0 Å². The van der Waals surface area contributed by atoms with E-state index >= 15 is 0 Å². The number of imidazole rings is 1. The molecule has 0 aliphatic carbocycles. The van der Waals surface area contributed by atoms with Gasteiger partial charge in [-0.05, 0) is 11.1 Å². The first-order valence-electron chi connectivity index (χ1n) is 12.7. The zero-order valence-corrected chi connectivity index (χ0v) is 22.8. The smallest absolute Gasteiger partial charge is 0.264 e. The van der Waals surface area contributed by atoms with Crippen LogP contribution < -0.4 is 5.32 Å². The van der Waals surface area contributed by atoms with Gasteiger partial charge in [-0.15, -0.1) is 0 Å². The van der Waals surface area contributed by atoms with Crippen molar-refractivity contribution in [1.82, 2.24) is 19.5 Å². The molecule has 13 heteroatoms. The Morgan fingerprint density at radius 1 is 1.02 bits per heavy atom. The van der Waals surface area contributed by atoms with Crippen molar-refractivity contribution >= 4 is 27.1 Å². The lowest BCUT2D eigenvalue weighted by Crippen LogP contribution is -2.33. The Hall–Kier alpha value is -3.46. The molecule has 212 valence electrons. The van der Waals surface area contributed by atoms with E-state index in [-0.39, 0.29) is 24.0 Å². The van der Waals surface area contributed by atoms with Crippen molar-refractivity contribution in [3.8, 4) is 0 Å². The number of ether oxygens (including phenoxy) is 2. The molecule has 0 saturated carbocycles. The highest BCUT2D eigenvalue weighted by atomic mass is 32.2. The third kappa shape index (κ3) is 6.14. The predicted octanol–water partition coefficient (Wildman–Crippen LogP) is 1.81. The molecule has 3 heterocycles. The molecule has 2 aromatic carbocycles. The van der Waals surface area contributed by atoms with E-state index in [0.29, 0.717) is 17.9 Å². The normalized spacial score (nSPS) is 21.3. The highest BCUT2D eigenvalue weighted by Gasteiger charge is 2.44. The molecule has 1 aliphatic rings. The fourth-order valence-electron chi connectivity index (χ4n) is 4.75. The Morgan fingerprint density at radius 2 is 1.68 bits per heavy atom. The molecular formula is C27H31N5O7S. The summed E-state index contributed by atoms with van der Waals surface area (Å²) in [5.41, 5.74) is 2.84. The maximum atomic E-state index is 11.7. The predicted molar refractivity (Wildman–Crippen MR) is 146 cm³/mol. The van der Waals surface area contributed by atoms with Crippen LogP contribution in [0.25, 0.3) is 11.2 Å². The maximum absolute atomic E-state index is 11.7. The van der Waals surface area contributed by atoms with Crippen LogP contribution >= 0.6 is 0 Å². The average molecular weight is 570 g/mol. The first kappa shape index (κ1) is 28.1. The number of hydrogen-bond acceptors (Lipinski definition) is 11. The lowest BCUT2D eigenvalue weighted by molar-refractivity contribution is -0.0580. The molecule has 0 bridgehead atoms. The van der Waals surface area contributed by atoms with Gasteiger partial charge in [-0.1, -0.05) is 60.7 Å². The van der Waals surface area contributed by atoms with E-state index in [1.165, 1.54) is 18.0 Å². The van der Waals surface area contributed by atoms with Gasteiger partial charge in [-0.2, -0.15) is 8.42 Å². The Balaban J connectivity index is 1.51. The van der Waals surface area contributed by atoms with Gasteiger partial charge >= 0.3 is 0 Å². The van der Waals surface area contributed by atoms with Gasteiger partial charge in [0.1, 0.15) is 24.9 Å². The zero-order chi connectivity index (χ0) is 28.3. The summed E-state index contributed by atoms with van der Waals surface area (Å²) in [5, 5.41) is 24.5.